The molecular formula is C17H18N4OS. The first-order chi connectivity index (χ1) is 11.2. The molecule has 3 aromatic rings. The SMILES string of the molecule is Cc1ccnc(Nc2cccc(-c3cnc(C(C)CO)s3)n2)c1. The zero-order valence-electron chi connectivity index (χ0n) is 13.0. The van der Waals surface area contributed by atoms with Crippen LogP contribution in [0.5, 0.6) is 0 Å². The molecule has 1 unspecified atom stereocenters. The summed E-state index contributed by atoms with van der Waals surface area (Å²) in [7, 11) is 0. The molecule has 0 fully saturated rings. The second-order valence-electron chi connectivity index (χ2n) is 5.40. The van der Waals surface area contributed by atoms with Gasteiger partial charge in [0.2, 0.25) is 0 Å². The minimum atomic E-state index is 0.0477. The predicted molar refractivity (Wildman–Crippen MR) is 93.1 cm³/mol. The molecule has 0 spiro atoms. The maximum Gasteiger partial charge on any atom is 0.132 e. The zero-order chi connectivity index (χ0) is 16.2. The normalized spacial score (nSPS) is 12.1. The smallest absolute Gasteiger partial charge is 0.132 e. The molecule has 3 heterocycles. The lowest BCUT2D eigenvalue weighted by molar-refractivity contribution is 0.273. The number of aryl methyl sites for hydroxylation is 1. The fraction of sp³-hybridized carbons (Fsp3) is 0.235. The van der Waals surface area contributed by atoms with Crippen molar-refractivity contribution in [3.63, 3.8) is 0 Å². The molecule has 23 heavy (non-hydrogen) atoms. The van der Waals surface area contributed by atoms with Gasteiger partial charge in [-0.05, 0) is 36.8 Å². The van der Waals surface area contributed by atoms with Crippen LogP contribution in [0.1, 0.15) is 23.4 Å². The van der Waals surface area contributed by atoms with Crippen molar-refractivity contribution in [3.8, 4) is 10.6 Å². The molecule has 1 atom stereocenters. The van der Waals surface area contributed by atoms with Gasteiger partial charge in [0.15, 0.2) is 0 Å². The molecule has 5 nitrogen and oxygen atoms in total. The Hall–Kier alpha value is -2.31. The largest absolute Gasteiger partial charge is 0.396 e. The van der Waals surface area contributed by atoms with Crippen LogP contribution in [-0.4, -0.2) is 26.7 Å². The van der Waals surface area contributed by atoms with Crippen molar-refractivity contribution in [3.05, 3.63) is 53.3 Å². The number of anilines is 2. The average Bonchev–Trinajstić information content (AvgIpc) is 3.04. The van der Waals surface area contributed by atoms with Gasteiger partial charge in [-0.2, -0.15) is 0 Å². The van der Waals surface area contributed by atoms with Crippen molar-refractivity contribution in [2.75, 3.05) is 11.9 Å². The summed E-state index contributed by atoms with van der Waals surface area (Å²) in [6, 6.07) is 9.75. The Morgan fingerprint density at radius 2 is 2.09 bits per heavy atom. The number of nitrogens with one attached hydrogen (secondary N) is 1. The number of hydrogen-bond acceptors (Lipinski definition) is 6. The molecule has 0 aromatic carbocycles. The fourth-order valence-corrected chi connectivity index (χ4v) is 3.02. The summed E-state index contributed by atoms with van der Waals surface area (Å²) in [4.78, 5) is 14.3. The van der Waals surface area contributed by atoms with E-state index < -0.39 is 0 Å². The summed E-state index contributed by atoms with van der Waals surface area (Å²) >= 11 is 1.56. The van der Waals surface area contributed by atoms with Crippen LogP contribution in [0, 0.1) is 6.92 Å². The fourth-order valence-electron chi connectivity index (χ4n) is 2.09. The van der Waals surface area contributed by atoms with E-state index in [0.717, 1.165) is 32.8 Å². The van der Waals surface area contributed by atoms with E-state index in [0.29, 0.717) is 0 Å². The van der Waals surface area contributed by atoms with E-state index >= 15 is 0 Å². The molecule has 3 aromatic heterocycles. The molecule has 2 N–H and O–H groups in total. The van der Waals surface area contributed by atoms with E-state index in [9.17, 15) is 5.11 Å². The van der Waals surface area contributed by atoms with Gasteiger partial charge >= 0.3 is 0 Å². The molecule has 6 heteroatoms. The summed E-state index contributed by atoms with van der Waals surface area (Å²) < 4.78 is 0. The van der Waals surface area contributed by atoms with E-state index in [1.165, 1.54) is 0 Å². The van der Waals surface area contributed by atoms with E-state index in [1.54, 1.807) is 17.5 Å². The first-order valence-electron chi connectivity index (χ1n) is 7.39. The van der Waals surface area contributed by atoms with Gasteiger partial charge in [-0.3, -0.25) is 0 Å². The van der Waals surface area contributed by atoms with Gasteiger partial charge in [0.05, 0.1) is 22.2 Å². The lowest BCUT2D eigenvalue weighted by atomic mass is 10.2. The molecule has 0 saturated carbocycles. The van der Waals surface area contributed by atoms with Crippen LogP contribution in [0.4, 0.5) is 11.6 Å². The summed E-state index contributed by atoms with van der Waals surface area (Å²) in [6.07, 6.45) is 3.58. The molecule has 0 aliphatic carbocycles. The van der Waals surface area contributed by atoms with Gasteiger partial charge < -0.3 is 10.4 Å². The molecule has 0 aliphatic heterocycles. The molecule has 0 saturated heterocycles. The van der Waals surface area contributed by atoms with E-state index in [4.69, 9.17) is 0 Å². The Morgan fingerprint density at radius 1 is 1.22 bits per heavy atom. The lowest BCUT2D eigenvalue weighted by Gasteiger charge is -2.06. The Balaban J connectivity index is 1.83. The molecule has 3 rings (SSSR count). The number of hydrogen-bond donors (Lipinski definition) is 2. The molecule has 118 valence electrons. The third-order valence-electron chi connectivity index (χ3n) is 3.39. The molecular weight excluding hydrogens is 308 g/mol. The Labute approximate surface area is 139 Å². The topological polar surface area (TPSA) is 70.9 Å². The Morgan fingerprint density at radius 3 is 2.87 bits per heavy atom. The van der Waals surface area contributed by atoms with Gasteiger partial charge in [0.1, 0.15) is 11.6 Å². The van der Waals surface area contributed by atoms with Crippen molar-refractivity contribution >= 4 is 23.0 Å². The molecule has 0 amide bonds. The van der Waals surface area contributed by atoms with Crippen LogP contribution in [-0.2, 0) is 0 Å². The minimum absolute atomic E-state index is 0.0477. The highest BCUT2D eigenvalue weighted by Gasteiger charge is 2.11. The van der Waals surface area contributed by atoms with Gasteiger partial charge in [0, 0.05) is 18.3 Å². The minimum Gasteiger partial charge on any atom is -0.396 e. The third-order valence-corrected chi connectivity index (χ3v) is 4.64. The summed E-state index contributed by atoms with van der Waals surface area (Å²) in [6.45, 7) is 4.08. The number of pyridine rings is 2. The van der Waals surface area contributed by atoms with Crippen LogP contribution >= 0.6 is 11.3 Å². The van der Waals surface area contributed by atoms with Gasteiger partial charge in [-0.25, -0.2) is 15.0 Å². The number of aromatic nitrogens is 3. The Kier molecular flexibility index (Phi) is 4.64. The standard InChI is InChI=1S/C17H18N4OS/c1-11-6-7-18-16(8-11)21-15-5-3-4-13(20-15)14-9-19-17(23-14)12(2)10-22/h3-9,12,22H,10H2,1-2H3,(H,18,20,21). The van der Waals surface area contributed by atoms with Crippen LogP contribution < -0.4 is 5.32 Å². The van der Waals surface area contributed by atoms with Crippen molar-refractivity contribution in [1.29, 1.82) is 0 Å². The highest BCUT2D eigenvalue weighted by Crippen LogP contribution is 2.29. The van der Waals surface area contributed by atoms with E-state index in [-0.39, 0.29) is 12.5 Å². The van der Waals surface area contributed by atoms with E-state index in [2.05, 4.69) is 20.3 Å². The van der Waals surface area contributed by atoms with Gasteiger partial charge in [-0.1, -0.05) is 13.0 Å². The number of aliphatic hydroxyl groups is 1. The van der Waals surface area contributed by atoms with Crippen LogP contribution in [0.2, 0.25) is 0 Å². The van der Waals surface area contributed by atoms with Crippen LogP contribution in [0.25, 0.3) is 10.6 Å². The second-order valence-corrected chi connectivity index (χ2v) is 6.46. The second kappa shape index (κ2) is 6.85. The molecule has 0 radical (unpaired) electrons. The predicted octanol–water partition coefficient (Wildman–Crippen LogP) is 3.75. The number of aliphatic hydroxyl groups excluding tert-OH is 1. The Bertz CT molecular complexity index is 803. The lowest BCUT2D eigenvalue weighted by Crippen LogP contribution is -1.97. The van der Waals surface area contributed by atoms with Crippen molar-refractivity contribution in [1.82, 2.24) is 15.0 Å². The third kappa shape index (κ3) is 3.72. The van der Waals surface area contributed by atoms with Crippen molar-refractivity contribution in [2.24, 2.45) is 0 Å². The number of thiazole rings is 1. The average molecular weight is 326 g/mol. The summed E-state index contributed by atoms with van der Waals surface area (Å²) in [5.41, 5.74) is 2.00. The highest BCUT2D eigenvalue weighted by atomic mass is 32.1. The molecule has 0 bridgehead atoms. The number of rotatable bonds is 5. The van der Waals surface area contributed by atoms with Crippen molar-refractivity contribution in [2.45, 2.75) is 19.8 Å². The molecule has 0 aliphatic rings. The van der Waals surface area contributed by atoms with Gasteiger partial charge in [0.25, 0.3) is 0 Å². The monoisotopic (exact) mass is 326 g/mol. The van der Waals surface area contributed by atoms with E-state index in [1.807, 2.05) is 50.4 Å². The first-order valence-corrected chi connectivity index (χ1v) is 8.21. The quantitative estimate of drug-likeness (QED) is 0.747. The maximum atomic E-state index is 9.23. The van der Waals surface area contributed by atoms with Gasteiger partial charge in [-0.15, -0.1) is 11.3 Å². The van der Waals surface area contributed by atoms with Crippen molar-refractivity contribution < 1.29 is 5.11 Å². The maximum absolute atomic E-state index is 9.23. The number of nitrogens with zero attached hydrogens (tertiary/aromatic N) is 3. The zero-order valence-corrected chi connectivity index (χ0v) is 13.8. The summed E-state index contributed by atoms with van der Waals surface area (Å²) in [5.74, 6) is 1.56. The highest BCUT2D eigenvalue weighted by molar-refractivity contribution is 7.15. The van der Waals surface area contributed by atoms with Crippen LogP contribution in [0.15, 0.2) is 42.7 Å². The summed E-state index contributed by atoms with van der Waals surface area (Å²) in [5, 5.41) is 13.4. The van der Waals surface area contributed by atoms with Crippen LogP contribution in [0.3, 0.4) is 0 Å². The first kappa shape index (κ1) is 15.6.